The first kappa shape index (κ1) is 19.2. The minimum Gasteiger partial charge on any atom is -0.433 e. The van der Waals surface area contributed by atoms with Gasteiger partial charge in [0.2, 0.25) is 5.79 Å². The Labute approximate surface area is 162 Å². The van der Waals surface area contributed by atoms with Crippen LogP contribution in [0.15, 0.2) is 11.6 Å². The number of ether oxygens (including phenoxy) is 1. The Morgan fingerprint density at radius 1 is 1.07 bits per heavy atom. The van der Waals surface area contributed by atoms with Crippen LogP contribution in [0.2, 0.25) is 0 Å². The zero-order valence-corrected chi connectivity index (χ0v) is 17.2. The number of hydrogen-bond donors (Lipinski definition) is 1. The number of carbonyl (C=O) groups is 2. The number of ketones is 1. The second-order valence-electron chi connectivity index (χ2n) is 10.3. The summed E-state index contributed by atoms with van der Waals surface area (Å²) >= 11 is 0. The predicted octanol–water partition coefficient (Wildman–Crippen LogP) is 4.41. The van der Waals surface area contributed by atoms with Crippen LogP contribution in [0.25, 0.3) is 0 Å². The number of rotatable bonds is 2. The predicted molar refractivity (Wildman–Crippen MR) is 103 cm³/mol. The van der Waals surface area contributed by atoms with Gasteiger partial charge in [-0.15, -0.1) is 0 Å². The zero-order chi connectivity index (χ0) is 19.6. The van der Waals surface area contributed by atoms with Gasteiger partial charge in [0, 0.05) is 25.7 Å². The Morgan fingerprint density at radius 2 is 1.81 bits per heavy atom. The maximum absolute atomic E-state index is 12.2. The van der Waals surface area contributed by atoms with Gasteiger partial charge >= 0.3 is 5.97 Å². The second kappa shape index (κ2) is 6.17. The van der Waals surface area contributed by atoms with Crippen LogP contribution in [-0.4, -0.2) is 22.6 Å². The lowest BCUT2D eigenvalue weighted by atomic mass is 9.47. The highest BCUT2D eigenvalue weighted by molar-refractivity contribution is 5.79. The Morgan fingerprint density at radius 3 is 2.48 bits per heavy atom. The Kier molecular flexibility index (Phi) is 4.38. The molecule has 0 bridgehead atoms. The summed E-state index contributed by atoms with van der Waals surface area (Å²) in [4.78, 5) is 23.6. The van der Waals surface area contributed by atoms with E-state index in [0.29, 0.717) is 36.4 Å². The lowest BCUT2D eigenvalue weighted by Crippen LogP contribution is -2.53. The fourth-order valence-electron chi connectivity index (χ4n) is 7.64. The number of hydrogen-bond acceptors (Lipinski definition) is 4. The second-order valence-corrected chi connectivity index (χ2v) is 10.3. The van der Waals surface area contributed by atoms with E-state index in [1.165, 1.54) is 25.3 Å². The molecule has 4 heteroatoms. The van der Waals surface area contributed by atoms with Crippen molar-refractivity contribution in [3.8, 4) is 0 Å². The van der Waals surface area contributed by atoms with Gasteiger partial charge in [0.1, 0.15) is 5.78 Å². The van der Waals surface area contributed by atoms with E-state index in [4.69, 9.17) is 4.74 Å². The number of aliphatic hydroxyl groups is 1. The first-order valence-electron chi connectivity index (χ1n) is 10.7. The largest absolute Gasteiger partial charge is 0.433 e. The lowest BCUT2D eigenvalue weighted by Gasteiger charge is -2.58. The quantitative estimate of drug-likeness (QED) is 0.442. The number of allylic oxidation sites excluding steroid dienone is 1. The Bertz CT molecular complexity index is 696. The maximum Gasteiger partial charge on any atom is 0.305 e. The van der Waals surface area contributed by atoms with Crippen LogP contribution in [0, 0.1) is 34.5 Å². The molecule has 3 fully saturated rings. The van der Waals surface area contributed by atoms with Crippen molar-refractivity contribution in [1.29, 1.82) is 0 Å². The molecule has 4 nitrogen and oxygen atoms in total. The van der Waals surface area contributed by atoms with Gasteiger partial charge < -0.3 is 9.84 Å². The molecule has 27 heavy (non-hydrogen) atoms. The van der Waals surface area contributed by atoms with Crippen LogP contribution in [0.3, 0.4) is 0 Å². The monoisotopic (exact) mass is 374 g/mol. The zero-order valence-electron chi connectivity index (χ0n) is 17.2. The van der Waals surface area contributed by atoms with Gasteiger partial charge in [-0.1, -0.05) is 25.5 Å². The molecule has 0 aromatic heterocycles. The minimum atomic E-state index is -1.33. The molecule has 7 atom stereocenters. The smallest absolute Gasteiger partial charge is 0.305 e. The van der Waals surface area contributed by atoms with E-state index in [2.05, 4.69) is 19.9 Å². The highest BCUT2D eigenvalue weighted by Gasteiger charge is 2.60. The van der Waals surface area contributed by atoms with Gasteiger partial charge in [-0.25, -0.2) is 0 Å². The molecule has 4 aliphatic carbocycles. The Balaban J connectivity index is 1.61. The summed E-state index contributed by atoms with van der Waals surface area (Å²) in [5.74, 6) is 0.757. The van der Waals surface area contributed by atoms with Gasteiger partial charge in [0.15, 0.2) is 0 Å². The van der Waals surface area contributed by atoms with E-state index < -0.39 is 11.8 Å². The van der Waals surface area contributed by atoms with Crippen molar-refractivity contribution < 1.29 is 19.4 Å². The third-order valence-corrected chi connectivity index (χ3v) is 8.95. The molecular formula is C23H34O4. The van der Waals surface area contributed by atoms with Crippen LogP contribution in [0.5, 0.6) is 0 Å². The first-order valence-corrected chi connectivity index (χ1v) is 10.7. The number of fused-ring (bicyclic) bond motifs is 5. The standard InChI is InChI=1S/C23H34O4/c1-14(24)18-7-8-19-17-6-5-16-13-23(26,27-15(2)25)12-11-21(16,3)20(17)9-10-22(18,19)4/h5,17-20,26H,6-13H2,1-4H3/t17-,18+,19-,20-,21-,22+,23-/m0/s1. The van der Waals surface area contributed by atoms with Crippen molar-refractivity contribution in [3.05, 3.63) is 11.6 Å². The highest BCUT2D eigenvalue weighted by Crippen LogP contribution is 2.66. The van der Waals surface area contributed by atoms with Crippen molar-refractivity contribution in [2.75, 3.05) is 0 Å². The van der Waals surface area contributed by atoms with Crippen LogP contribution >= 0.6 is 0 Å². The number of carbonyl (C=O) groups excluding carboxylic acids is 2. The molecule has 0 radical (unpaired) electrons. The molecule has 150 valence electrons. The summed E-state index contributed by atoms with van der Waals surface area (Å²) in [7, 11) is 0. The SMILES string of the molecule is CC(=O)O[C@@]1(O)CC[C@@]2(C)C(=CC[C@H]3[C@@H]4CC[C@H](C(C)=O)[C@@]4(C)CC[C@@H]32)C1. The Hall–Kier alpha value is -1.16. The first-order chi connectivity index (χ1) is 12.6. The van der Waals surface area contributed by atoms with Gasteiger partial charge in [-0.3, -0.25) is 9.59 Å². The average Bonchev–Trinajstić information content (AvgIpc) is 2.92. The van der Waals surface area contributed by atoms with E-state index in [0.717, 1.165) is 25.7 Å². The number of Topliss-reactive ketones (excluding diaryl/α,β-unsaturated/α-hetero) is 1. The molecule has 0 amide bonds. The molecule has 3 saturated carbocycles. The average molecular weight is 375 g/mol. The summed E-state index contributed by atoms with van der Waals surface area (Å²) in [6, 6.07) is 0. The van der Waals surface area contributed by atoms with Crippen molar-refractivity contribution >= 4 is 11.8 Å². The van der Waals surface area contributed by atoms with Crippen LogP contribution < -0.4 is 0 Å². The van der Waals surface area contributed by atoms with Crippen molar-refractivity contribution in [2.45, 2.75) is 84.8 Å². The summed E-state index contributed by atoms with van der Waals surface area (Å²) < 4.78 is 5.27. The van der Waals surface area contributed by atoms with Crippen molar-refractivity contribution in [1.82, 2.24) is 0 Å². The van der Waals surface area contributed by atoms with Gasteiger partial charge in [-0.05, 0) is 74.0 Å². The lowest BCUT2D eigenvalue weighted by molar-refractivity contribution is -0.221. The van der Waals surface area contributed by atoms with Gasteiger partial charge in [0.05, 0.1) is 0 Å². The molecule has 4 rings (SSSR count). The van der Waals surface area contributed by atoms with Crippen LogP contribution in [0.1, 0.15) is 79.1 Å². The van der Waals surface area contributed by atoms with E-state index in [-0.39, 0.29) is 16.7 Å². The highest BCUT2D eigenvalue weighted by atomic mass is 16.7. The molecule has 0 aliphatic heterocycles. The van der Waals surface area contributed by atoms with Crippen molar-refractivity contribution in [3.63, 3.8) is 0 Å². The number of esters is 1. The van der Waals surface area contributed by atoms with E-state index >= 15 is 0 Å². The molecule has 0 aromatic rings. The molecular weight excluding hydrogens is 340 g/mol. The molecule has 0 saturated heterocycles. The van der Waals surface area contributed by atoms with Crippen molar-refractivity contribution in [2.24, 2.45) is 34.5 Å². The normalized spacial score (nSPS) is 48.7. The molecule has 0 unspecified atom stereocenters. The molecule has 0 heterocycles. The van der Waals surface area contributed by atoms with E-state index in [9.17, 15) is 14.7 Å². The summed E-state index contributed by atoms with van der Waals surface area (Å²) in [5.41, 5.74) is 1.54. The fraction of sp³-hybridized carbons (Fsp3) is 0.826. The van der Waals surface area contributed by atoms with Crippen LogP contribution in [0.4, 0.5) is 0 Å². The fourth-order valence-corrected chi connectivity index (χ4v) is 7.64. The summed E-state index contributed by atoms with van der Waals surface area (Å²) in [5, 5.41) is 10.8. The summed E-state index contributed by atoms with van der Waals surface area (Å²) in [6.45, 7) is 7.88. The maximum atomic E-state index is 12.2. The van der Waals surface area contributed by atoms with Gasteiger partial charge in [-0.2, -0.15) is 0 Å². The third-order valence-electron chi connectivity index (χ3n) is 8.95. The van der Waals surface area contributed by atoms with E-state index in [1.807, 2.05) is 0 Å². The molecule has 0 aromatic carbocycles. The van der Waals surface area contributed by atoms with Crippen LogP contribution in [-0.2, 0) is 14.3 Å². The summed E-state index contributed by atoms with van der Waals surface area (Å²) in [6.07, 6.45) is 9.74. The van der Waals surface area contributed by atoms with Gasteiger partial charge in [0.25, 0.3) is 0 Å². The molecule has 1 N–H and O–H groups in total. The third kappa shape index (κ3) is 2.82. The topological polar surface area (TPSA) is 63.6 Å². The minimum absolute atomic E-state index is 0.0882. The van der Waals surface area contributed by atoms with E-state index in [1.54, 1.807) is 6.92 Å². The molecule has 4 aliphatic rings. The molecule has 0 spiro atoms.